The summed E-state index contributed by atoms with van der Waals surface area (Å²) in [5, 5.41) is 10.8. The van der Waals surface area contributed by atoms with Crippen LogP contribution < -0.4 is 4.74 Å². The van der Waals surface area contributed by atoms with Gasteiger partial charge in [-0.3, -0.25) is 0 Å². The smallest absolute Gasteiger partial charge is 0.119 e. The maximum Gasteiger partial charge on any atom is 0.119 e. The van der Waals surface area contributed by atoms with E-state index in [2.05, 4.69) is 0 Å². The van der Waals surface area contributed by atoms with Crippen LogP contribution in [0, 0.1) is 0 Å². The van der Waals surface area contributed by atoms with E-state index in [0.29, 0.717) is 12.7 Å². The lowest BCUT2D eigenvalue weighted by molar-refractivity contribution is -0.141. The minimum absolute atomic E-state index is 0.397. The Morgan fingerprint density at radius 2 is 1.81 bits per heavy atom. The topological polar surface area (TPSA) is 38.7 Å². The first-order valence-electron chi connectivity index (χ1n) is 8.32. The number of ether oxygens (including phenoxy) is 2. The van der Waals surface area contributed by atoms with Crippen LogP contribution in [0.25, 0.3) is 0 Å². The molecule has 0 radical (unpaired) electrons. The Hall–Kier alpha value is -1.06. The molecular weight excluding hydrogens is 264 g/mol. The first-order chi connectivity index (χ1) is 10.2. The Bertz CT molecular complexity index is 439. The van der Waals surface area contributed by atoms with Crippen molar-refractivity contribution in [2.24, 2.45) is 0 Å². The average Bonchev–Trinajstić information content (AvgIpc) is 3.33. The zero-order chi connectivity index (χ0) is 14.7. The summed E-state index contributed by atoms with van der Waals surface area (Å²) in [6, 6.07) is 7.91. The number of rotatable bonds is 6. The molecule has 0 bridgehead atoms. The molecule has 0 aromatic heterocycles. The van der Waals surface area contributed by atoms with E-state index in [0.717, 1.165) is 49.8 Å². The van der Waals surface area contributed by atoms with E-state index >= 15 is 0 Å². The lowest BCUT2D eigenvalue weighted by Gasteiger charge is -2.41. The second-order valence-corrected chi connectivity index (χ2v) is 6.35. The van der Waals surface area contributed by atoms with Gasteiger partial charge in [-0.05, 0) is 50.3 Å². The van der Waals surface area contributed by atoms with Crippen LogP contribution in [0.4, 0.5) is 0 Å². The molecule has 0 aliphatic heterocycles. The highest BCUT2D eigenvalue weighted by atomic mass is 16.5. The summed E-state index contributed by atoms with van der Waals surface area (Å²) in [5.41, 5.74) is 0.541. The van der Waals surface area contributed by atoms with Crippen LogP contribution >= 0.6 is 0 Å². The third kappa shape index (κ3) is 3.41. The van der Waals surface area contributed by atoms with Gasteiger partial charge in [0.25, 0.3) is 0 Å². The second kappa shape index (κ2) is 6.37. The van der Waals surface area contributed by atoms with E-state index in [9.17, 15) is 5.11 Å². The van der Waals surface area contributed by atoms with E-state index in [1.54, 1.807) is 0 Å². The molecule has 2 aliphatic carbocycles. The fourth-order valence-electron chi connectivity index (χ4n) is 3.35. The molecule has 2 saturated carbocycles. The molecule has 116 valence electrons. The predicted molar refractivity (Wildman–Crippen MR) is 82.5 cm³/mol. The van der Waals surface area contributed by atoms with Gasteiger partial charge in [0.05, 0.1) is 11.7 Å². The maximum absolute atomic E-state index is 10.8. The highest BCUT2D eigenvalue weighted by Crippen LogP contribution is 2.41. The van der Waals surface area contributed by atoms with Gasteiger partial charge in [-0.25, -0.2) is 0 Å². The van der Waals surface area contributed by atoms with Gasteiger partial charge in [-0.1, -0.05) is 31.4 Å². The van der Waals surface area contributed by atoms with Crippen LogP contribution in [0.5, 0.6) is 5.75 Å². The molecule has 0 saturated heterocycles. The lowest BCUT2D eigenvalue weighted by Crippen LogP contribution is -2.41. The minimum atomic E-state index is -0.548. The molecule has 2 aliphatic rings. The predicted octanol–water partition coefficient (Wildman–Crippen LogP) is 4.00. The van der Waals surface area contributed by atoms with Crippen molar-refractivity contribution in [1.82, 2.24) is 0 Å². The van der Waals surface area contributed by atoms with Crippen LogP contribution in [0.3, 0.4) is 0 Å². The Labute approximate surface area is 127 Å². The van der Waals surface area contributed by atoms with E-state index in [-0.39, 0.29) is 0 Å². The fourth-order valence-corrected chi connectivity index (χ4v) is 3.35. The summed E-state index contributed by atoms with van der Waals surface area (Å²) in [4.78, 5) is 0. The Kier molecular flexibility index (Phi) is 4.51. The summed E-state index contributed by atoms with van der Waals surface area (Å²) in [6.45, 7) is 2.66. The summed E-state index contributed by atoms with van der Waals surface area (Å²) in [5.74, 6) is 0.905. The first-order valence-corrected chi connectivity index (χ1v) is 8.32. The van der Waals surface area contributed by atoms with E-state index in [1.807, 2.05) is 31.2 Å². The monoisotopic (exact) mass is 290 g/mol. The van der Waals surface area contributed by atoms with Crippen molar-refractivity contribution in [2.75, 3.05) is 6.61 Å². The normalized spacial score (nSPS) is 22.8. The van der Waals surface area contributed by atoms with Gasteiger partial charge in [-0.2, -0.15) is 0 Å². The molecule has 21 heavy (non-hydrogen) atoms. The quantitative estimate of drug-likeness (QED) is 0.860. The van der Waals surface area contributed by atoms with Crippen LogP contribution in [-0.2, 0) is 4.74 Å². The molecular formula is C18H26O3. The molecule has 3 heteroatoms. The standard InChI is InChI=1S/C18H26O3/c1-2-20-18(12-4-3-5-13-18)17(19)14-6-8-15(9-7-14)21-16-10-11-16/h6-9,16-17,19H,2-5,10-13H2,1H3. The Morgan fingerprint density at radius 1 is 1.14 bits per heavy atom. The molecule has 1 aromatic rings. The minimum Gasteiger partial charge on any atom is -0.490 e. The second-order valence-electron chi connectivity index (χ2n) is 6.35. The number of benzene rings is 1. The van der Waals surface area contributed by atoms with E-state index in [4.69, 9.17) is 9.47 Å². The van der Waals surface area contributed by atoms with Gasteiger partial charge in [0.1, 0.15) is 11.9 Å². The van der Waals surface area contributed by atoms with Crippen molar-refractivity contribution in [2.45, 2.75) is 69.7 Å². The lowest BCUT2D eigenvalue weighted by atomic mass is 9.78. The molecule has 1 aromatic carbocycles. The summed E-state index contributed by atoms with van der Waals surface area (Å²) < 4.78 is 11.8. The molecule has 1 atom stereocenters. The zero-order valence-corrected chi connectivity index (χ0v) is 12.9. The van der Waals surface area contributed by atoms with Crippen molar-refractivity contribution < 1.29 is 14.6 Å². The van der Waals surface area contributed by atoms with Crippen molar-refractivity contribution in [3.8, 4) is 5.75 Å². The summed E-state index contributed by atoms with van der Waals surface area (Å²) >= 11 is 0. The van der Waals surface area contributed by atoms with Crippen molar-refractivity contribution in [3.63, 3.8) is 0 Å². The average molecular weight is 290 g/mol. The number of aliphatic hydroxyl groups excluding tert-OH is 1. The zero-order valence-electron chi connectivity index (χ0n) is 12.9. The molecule has 3 nitrogen and oxygen atoms in total. The van der Waals surface area contributed by atoms with Crippen LogP contribution in [-0.4, -0.2) is 23.4 Å². The van der Waals surface area contributed by atoms with E-state index in [1.165, 1.54) is 6.42 Å². The van der Waals surface area contributed by atoms with Crippen LogP contribution in [0.2, 0.25) is 0 Å². The third-order valence-electron chi connectivity index (χ3n) is 4.65. The number of aliphatic hydroxyl groups is 1. The summed E-state index contributed by atoms with van der Waals surface area (Å²) in [6.07, 6.45) is 7.61. The SMILES string of the molecule is CCOC1(C(O)c2ccc(OC3CC3)cc2)CCCCC1. The van der Waals surface area contributed by atoms with Gasteiger partial charge >= 0.3 is 0 Å². The van der Waals surface area contributed by atoms with Crippen molar-refractivity contribution >= 4 is 0 Å². The van der Waals surface area contributed by atoms with Gasteiger partial charge in [0.15, 0.2) is 0 Å². The molecule has 0 heterocycles. The maximum atomic E-state index is 10.8. The molecule has 1 unspecified atom stereocenters. The van der Waals surface area contributed by atoms with E-state index < -0.39 is 11.7 Å². The highest BCUT2D eigenvalue weighted by Gasteiger charge is 2.40. The largest absolute Gasteiger partial charge is 0.490 e. The highest BCUT2D eigenvalue weighted by molar-refractivity contribution is 5.30. The van der Waals surface area contributed by atoms with Crippen molar-refractivity contribution in [1.29, 1.82) is 0 Å². The summed E-state index contributed by atoms with van der Waals surface area (Å²) in [7, 11) is 0. The first kappa shape index (κ1) is 14.9. The number of hydrogen-bond donors (Lipinski definition) is 1. The number of hydrogen-bond acceptors (Lipinski definition) is 3. The Balaban J connectivity index is 1.73. The molecule has 0 amide bonds. The third-order valence-corrected chi connectivity index (χ3v) is 4.65. The molecule has 2 fully saturated rings. The van der Waals surface area contributed by atoms with Crippen LogP contribution in [0.15, 0.2) is 24.3 Å². The van der Waals surface area contributed by atoms with Gasteiger partial charge in [-0.15, -0.1) is 0 Å². The molecule has 3 rings (SSSR count). The van der Waals surface area contributed by atoms with Gasteiger partial charge in [0, 0.05) is 6.61 Å². The molecule has 1 N–H and O–H groups in total. The van der Waals surface area contributed by atoms with Gasteiger partial charge < -0.3 is 14.6 Å². The van der Waals surface area contributed by atoms with Crippen molar-refractivity contribution in [3.05, 3.63) is 29.8 Å². The van der Waals surface area contributed by atoms with Crippen LogP contribution in [0.1, 0.15) is 63.5 Å². The molecule has 0 spiro atoms. The fraction of sp³-hybridized carbons (Fsp3) is 0.667. The Morgan fingerprint density at radius 3 is 2.38 bits per heavy atom. The van der Waals surface area contributed by atoms with Gasteiger partial charge in [0.2, 0.25) is 0 Å².